The van der Waals surface area contributed by atoms with E-state index in [1.54, 1.807) is 18.3 Å². The lowest BCUT2D eigenvalue weighted by Gasteiger charge is -2.41. The van der Waals surface area contributed by atoms with Crippen molar-refractivity contribution in [1.29, 1.82) is 0 Å². The van der Waals surface area contributed by atoms with E-state index in [1.165, 1.54) is 11.3 Å². The second kappa shape index (κ2) is 9.19. The van der Waals surface area contributed by atoms with E-state index in [4.69, 9.17) is 0 Å². The number of rotatable bonds is 5. The van der Waals surface area contributed by atoms with Crippen LogP contribution in [0.5, 0.6) is 0 Å². The van der Waals surface area contributed by atoms with Gasteiger partial charge in [-0.1, -0.05) is 19.9 Å². The molecule has 1 saturated carbocycles. The van der Waals surface area contributed by atoms with Gasteiger partial charge < -0.3 is 15.5 Å². The number of aliphatic hydroxyl groups is 1. The predicted molar refractivity (Wildman–Crippen MR) is 125 cm³/mol. The molecule has 3 aromatic rings. The van der Waals surface area contributed by atoms with Crippen molar-refractivity contribution in [3.8, 4) is 10.4 Å². The normalized spacial score (nSPS) is 24.8. The second-order valence-electron chi connectivity index (χ2n) is 9.26. The van der Waals surface area contributed by atoms with E-state index in [2.05, 4.69) is 20.3 Å². The van der Waals surface area contributed by atoms with Gasteiger partial charge in [-0.05, 0) is 60.9 Å². The average Bonchev–Trinajstić information content (AvgIpc) is 3.23. The van der Waals surface area contributed by atoms with Gasteiger partial charge in [0.05, 0.1) is 10.8 Å². The van der Waals surface area contributed by atoms with E-state index in [0.717, 1.165) is 28.3 Å². The van der Waals surface area contributed by atoms with E-state index in [0.29, 0.717) is 23.5 Å². The lowest BCUT2D eigenvalue weighted by Crippen LogP contribution is -2.43. The molecular formula is C24H25F3N4O3S. The summed E-state index contributed by atoms with van der Waals surface area (Å²) in [5.74, 6) is -1.96. The summed E-state index contributed by atoms with van der Waals surface area (Å²) < 4.78 is 38.9. The molecule has 186 valence electrons. The smallest absolute Gasteiger partial charge is 0.433 e. The molecule has 4 atom stereocenters. The summed E-state index contributed by atoms with van der Waals surface area (Å²) in [6.45, 7) is 5.53. The van der Waals surface area contributed by atoms with Crippen LogP contribution < -0.4 is 5.32 Å². The molecule has 0 aliphatic heterocycles. The number of anilines is 2. The lowest BCUT2D eigenvalue weighted by atomic mass is 9.67. The number of thiazole rings is 1. The highest BCUT2D eigenvalue weighted by molar-refractivity contribution is 7.15. The summed E-state index contributed by atoms with van der Waals surface area (Å²) in [7, 11) is 0. The van der Waals surface area contributed by atoms with E-state index in [9.17, 15) is 28.2 Å². The Morgan fingerprint density at radius 1 is 1.17 bits per heavy atom. The first kappa shape index (κ1) is 25.1. The highest BCUT2D eigenvalue weighted by Gasteiger charge is 2.47. The predicted octanol–water partition coefficient (Wildman–Crippen LogP) is 5.63. The SMILES string of the molecule is Cc1cc(Nc2nccc(C(F)(F)F)n2)cc(-c2cnc(C3(O)C[C@@H](C)C(C(=O)O)[C@@H](C)C3)s2)c1. The molecule has 0 radical (unpaired) electrons. The van der Waals surface area contributed by atoms with Crippen LogP contribution in [0.1, 0.15) is 43.0 Å². The van der Waals surface area contributed by atoms with Crippen LogP contribution in [0.15, 0.2) is 36.7 Å². The Morgan fingerprint density at radius 2 is 1.86 bits per heavy atom. The number of hydrogen-bond acceptors (Lipinski definition) is 7. The van der Waals surface area contributed by atoms with Crippen molar-refractivity contribution >= 4 is 28.9 Å². The largest absolute Gasteiger partial charge is 0.481 e. The molecule has 4 rings (SSSR count). The molecule has 1 aromatic carbocycles. The summed E-state index contributed by atoms with van der Waals surface area (Å²) >= 11 is 1.32. The number of carboxylic acid groups (broad SMARTS) is 1. The van der Waals surface area contributed by atoms with Gasteiger partial charge in [0.1, 0.15) is 16.3 Å². The highest BCUT2D eigenvalue weighted by Crippen LogP contribution is 2.47. The van der Waals surface area contributed by atoms with E-state index in [1.807, 2.05) is 26.8 Å². The Hall–Kier alpha value is -3.05. The van der Waals surface area contributed by atoms with Crippen molar-refractivity contribution in [2.45, 2.75) is 45.4 Å². The molecule has 0 spiro atoms. The van der Waals surface area contributed by atoms with Crippen LogP contribution in [0.25, 0.3) is 10.4 Å². The van der Waals surface area contributed by atoms with Gasteiger partial charge in [-0.2, -0.15) is 13.2 Å². The maximum Gasteiger partial charge on any atom is 0.433 e. The molecule has 0 amide bonds. The summed E-state index contributed by atoms with van der Waals surface area (Å²) in [5.41, 5.74) is -0.117. The summed E-state index contributed by atoms with van der Waals surface area (Å²) in [5, 5.41) is 24.2. The maximum atomic E-state index is 13.0. The van der Waals surface area contributed by atoms with Crippen molar-refractivity contribution < 1.29 is 28.2 Å². The Kier molecular flexibility index (Phi) is 6.58. The standard InChI is InChI=1S/C24H25F3N4O3S/c1-12-6-15(8-16(7-12)30-22-28-5-4-18(31-22)24(25,26)27)17-11-29-21(35-17)23(34)9-13(2)19(20(32)33)14(3)10-23/h4-8,11,13-14,19,34H,9-10H2,1-3H3,(H,32,33)(H,28,30,31)/t13-,14+,19?,23?. The molecule has 2 heterocycles. The molecule has 3 N–H and O–H groups in total. The number of carbonyl (C=O) groups is 1. The Labute approximate surface area is 204 Å². The molecule has 7 nitrogen and oxygen atoms in total. The molecule has 0 bridgehead atoms. The van der Waals surface area contributed by atoms with E-state index in [-0.39, 0.29) is 17.8 Å². The first-order valence-corrected chi connectivity index (χ1v) is 11.9. The summed E-state index contributed by atoms with van der Waals surface area (Å²) in [6.07, 6.45) is -1.28. The van der Waals surface area contributed by atoms with Crippen molar-refractivity contribution in [3.63, 3.8) is 0 Å². The van der Waals surface area contributed by atoms with Gasteiger partial charge in [0.25, 0.3) is 0 Å². The van der Waals surface area contributed by atoms with Crippen LogP contribution in [0, 0.1) is 24.7 Å². The second-order valence-corrected chi connectivity index (χ2v) is 10.3. The minimum Gasteiger partial charge on any atom is -0.481 e. The zero-order chi connectivity index (χ0) is 25.5. The van der Waals surface area contributed by atoms with E-state index < -0.39 is 29.4 Å². The number of carboxylic acids is 1. The van der Waals surface area contributed by atoms with Crippen molar-refractivity contribution in [1.82, 2.24) is 15.0 Å². The van der Waals surface area contributed by atoms with Gasteiger partial charge in [-0.3, -0.25) is 4.79 Å². The number of hydrogen-bond donors (Lipinski definition) is 3. The number of nitrogens with zero attached hydrogens (tertiary/aromatic N) is 3. The molecule has 1 fully saturated rings. The first-order valence-electron chi connectivity index (χ1n) is 11.1. The number of aliphatic carboxylic acids is 1. The van der Waals surface area contributed by atoms with Crippen molar-refractivity contribution in [2.24, 2.45) is 17.8 Å². The van der Waals surface area contributed by atoms with Crippen LogP contribution in [0.3, 0.4) is 0 Å². The van der Waals surface area contributed by atoms with Crippen LogP contribution in [0.2, 0.25) is 0 Å². The third-order valence-corrected chi connectivity index (χ3v) is 7.54. The molecule has 0 saturated heterocycles. The third-order valence-electron chi connectivity index (χ3n) is 6.30. The quantitative estimate of drug-likeness (QED) is 0.412. The molecule has 35 heavy (non-hydrogen) atoms. The number of alkyl halides is 3. The van der Waals surface area contributed by atoms with E-state index >= 15 is 0 Å². The fourth-order valence-electron chi connectivity index (χ4n) is 4.95. The maximum absolute atomic E-state index is 13.0. The molecule has 2 aromatic heterocycles. The van der Waals surface area contributed by atoms with Gasteiger partial charge in [0, 0.05) is 18.1 Å². The Morgan fingerprint density at radius 3 is 2.49 bits per heavy atom. The van der Waals surface area contributed by atoms with Crippen LogP contribution in [-0.2, 0) is 16.6 Å². The Bertz CT molecular complexity index is 1230. The summed E-state index contributed by atoms with van der Waals surface area (Å²) in [4.78, 5) is 24.3. The number of nitrogens with one attached hydrogen (secondary N) is 1. The zero-order valence-corrected chi connectivity index (χ0v) is 20.1. The number of benzene rings is 1. The topological polar surface area (TPSA) is 108 Å². The average molecular weight is 507 g/mol. The van der Waals surface area contributed by atoms with Gasteiger partial charge >= 0.3 is 12.1 Å². The monoisotopic (exact) mass is 506 g/mol. The fourth-order valence-corrected chi connectivity index (χ4v) is 5.96. The highest BCUT2D eigenvalue weighted by atomic mass is 32.1. The van der Waals surface area contributed by atoms with Gasteiger partial charge in [0.15, 0.2) is 0 Å². The Balaban J connectivity index is 1.59. The molecule has 1 aliphatic rings. The zero-order valence-electron chi connectivity index (χ0n) is 19.3. The minimum atomic E-state index is -4.57. The molecule has 11 heteroatoms. The fraction of sp³-hybridized carbons (Fsp3) is 0.417. The van der Waals surface area contributed by atoms with Gasteiger partial charge in [-0.15, -0.1) is 11.3 Å². The number of aromatic nitrogens is 3. The molecule has 1 aliphatic carbocycles. The van der Waals surface area contributed by atoms with Crippen LogP contribution >= 0.6 is 11.3 Å². The van der Waals surface area contributed by atoms with Gasteiger partial charge in [-0.25, -0.2) is 15.0 Å². The molecular weight excluding hydrogens is 481 g/mol. The van der Waals surface area contributed by atoms with Crippen molar-refractivity contribution in [3.05, 3.63) is 52.9 Å². The first-order chi connectivity index (χ1) is 16.4. The lowest BCUT2D eigenvalue weighted by molar-refractivity contribution is -0.152. The number of aryl methyl sites for hydroxylation is 1. The third kappa shape index (κ3) is 5.30. The molecule has 2 unspecified atom stereocenters. The number of halogens is 3. The minimum absolute atomic E-state index is 0.172. The summed E-state index contributed by atoms with van der Waals surface area (Å²) in [6, 6.07) is 6.23. The van der Waals surface area contributed by atoms with Gasteiger partial charge in [0.2, 0.25) is 5.95 Å². The van der Waals surface area contributed by atoms with Crippen LogP contribution in [0.4, 0.5) is 24.8 Å². The van der Waals surface area contributed by atoms with Crippen LogP contribution in [-0.4, -0.2) is 31.1 Å². The van der Waals surface area contributed by atoms with Crippen molar-refractivity contribution in [2.75, 3.05) is 5.32 Å².